The monoisotopic (exact) mass is 275 g/mol. The molecule has 0 radical (unpaired) electrons. The lowest BCUT2D eigenvalue weighted by molar-refractivity contribution is 0.0944. The maximum absolute atomic E-state index is 12.5. The van der Waals surface area contributed by atoms with Crippen LogP contribution in [0.15, 0.2) is 18.5 Å². The van der Waals surface area contributed by atoms with Gasteiger partial charge in [0.25, 0.3) is 5.91 Å². The van der Waals surface area contributed by atoms with Crippen molar-refractivity contribution < 1.29 is 4.79 Å². The minimum Gasteiger partial charge on any atom is -0.383 e. The van der Waals surface area contributed by atoms with Gasteiger partial charge in [-0.3, -0.25) is 9.78 Å². The zero-order valence-electron chi connectivity index (χ0n) is 13.1. The van der Waals surface area contributed by atoms with Crippen LogP contribution in [0.4, 0.5) is 5.69 Å². The average Bonchev–Trinajstić information content (AvgIpc) is 2.79. The minimum atomic E-state index is -0.0188. The van der Waals surface area contributed by atoms with E-state index in [0.29, 0.717) is 5.56 Å². The molecule has 1 amide bonds. The quantitative estimate of drug-likeness (QED) is 0.868. The van der Waals surface area contributed by atoms with E-state index >= 15 is 0 Å². The summed E-state index contributed by atoms with van der Waals surface area (Å²) < 4.78 is 0. The summed E-state index contributed by atoms with van der Waals surface area (Å²) in [5, 5.41) is 6.42. The van der Waals surface area contributed by atoms with Crippen molar-refractivity contribution in [2.75, 3.05) is 11.9 Å². The molecule has 0 bridgehead atoms. The normalized spacial score (nSPS) is 19.4. The first-order chi connectivity index (χ1) is 9.32. The molecule has 0 unspecified atom stereocenters. The van der Waals surface area contributed by atoms with Crippen molar-refractivity contribution >= 4 is 11.6 Å². The van der Waals surface area contributed by atoms with E-state index < -0.39 is 0 Å². The molecule has 1 heterocycles. The van der Waals surface area contributed by atoms with Gasteiger partial charge in [0.15, 0.2) is 0 Å². The van der Waals surface area contributed by atoms with E-state index in [0.717, 1.165) is 18.7 Å². The molecule has 1 fully saturated rings. The first-order valence-corrected chi connectivity index (χ1v) is 7.31. The van der Waals surface area contributed by atoms with Gasteiger partial charge in [0.1, 0.15) is 0 Å². The summed E-state index contributed by atoms with van der Waals surface area (Å²) in [4.78, 5) is 16.6. The van der Waals surface area contributed by atoms with E-state index in [1.807, 2.05) is 0 Å². The number of carbonyl (C=O) groups excluding carboxylic acids is 1. The Morgan fingerprint density at radius 2 is 1.95 bits per heavy atom. The van der Waals surface area contributed by atoms with Crippen LogP contribution in [0.5, 0.6) is 0 Å². The number of nitrogens with one attached hydrogen (secondary N) is 2. The third-order valence-electron chi connectivity index (χ3n) is 4.93. The summed E-state index contributed by atoms with van der Waals surface area (Å²) in [6, 6.07) is 1.99. The molecule has 2 N–H and O–H groups in total. The number of rotatable bonds is 5. The van der Waals surface area contributed by atoms with E-state index in [-0.39, 0.29) is 22.8 Å². The standard InChI is InChI=1S/C16H25N3O/c1-6-8-18-12-10-17-9-7-11(12)13(20)19-14-15(2,3)16(14,4)5/h7,9-10,14,18H,6,8H2,1-5H3,(H,19,20). The highest BCUT2D eigenvalue weighted by Gasteiger charge is 2.65. The molecule has 0 atom stereocenters. The van der Waals surface area contributed by atoms with E-state index in [2.05, 4.69) is 50.2 Å². The molecule has 4 nitrogen and oxygen atoms in total. The van der Waals surface area contributed by atoms with Crippen LogP contribution in [0.2, 0.25) is 0 Å². The van der Waals surface area contributed by atoms with Crippen molar-refractivity contribution in [3.05, 3.63) is 24.0 Å². The lowest BCUT2D eigenvalue weighted by atomic mass is 10.0. The van der Waals surface area contributed by atoms with Crippen LogP contribution in [-0.2, 0) is 0 Å². The highest BCUT2D eigenvalue weighted by atomic mass is 16.1. The van der Waals surface area contributed by atoms with Crippen molar-refractivity contribution in [3.63, 3.8) is 0 Å². The molecule has 1 saturated carbocycles. The third kappa shape index (κ3) is 2.39. The number of amides is 1. The number of hydrogen-bond acceptors (Lipinski definition) is 3. The van der Waals surface area contributed by atoms with Gasteiger partial charge in [-0.05, 0) is 23.3 Å². The van der Waals surface area contributed by atoms with Gasteiger partial charge < -0.3 is 10.6 Å². The van der Waals surface area contributed by atoms with Crippen LogP contribution in [0.1, 0.15) is 51.4 Å². The third-order valence-corrected chi connectivity index (χ3v) is 4.93. The summed E-state index contributed by atoms with van der Waals surface area (Å²) in [7, 11) is 0. The molecule has 1 aliphatic rings. The lowest BCUT2D eigenvalue weighted by Crippen LogP contribution is -2.30. The topological polar surface area (TPSA) is 54.0 Å². The molecule has 20 heavy (non-hydrogen) atoms. The van der Waals surface area contributed by atoms with E-state index in [4.69, 9.17) is 0 Å². The van der Waals surface area contributed by atoms with Gasteiger partial charge >= 0.3 is 0 Å². The van der Waals surface area contributed by atoms with Crippen LogP contribution < -0.4 is 10.6 Å². The fourth-order valence-electron chi connectivity index (χ4n) is 2.76. The number of hydrogen-bond donors (Lipinski definition) is 2. The van der Waals surface area contributed by atoms with Crippen LogP contribution in [0.25, 0.3) is 0 Å². The molecule has 0 aliphatic heterocycles. The van der Waals surface area contributed by atoms with Gasteiger partial charge in [-0.15, -0.1) is 0 Å². The molecule has 1 aromatic heterocycles. The van der Waals surface area contributed by atoms with Crippen LogP contribution >= 0.6 is 0 Å². The van der Waals surface area contributed by atoms with Gasteiger partial charge in [-0.2, -0.15) is 0 Å². The first-order valence-electron chi connectivity index (χ1n) is 7.31. The Kier molecular flexibility index (Phi) is 3.76. The maximum atomic E-state index is 12.5. The van der Waals surface area contributed by atoms with Gasteiger partial charge in [-0.1, -0.05) is 34.6 Å². The first kappa shape index (κ1) is 14.8. The molecule has 1 aromatic rings. The Morgan fingerprint density at radius 1 is 1.30 bits per heavy atom. The van der Waals surface area contributed by atoms with Crippen molar-refractivity contribution in [2.45, 2.75) is 47.1 Å². The predicted octanol–water partition coefficient (Wildman–Crippen LogP) is 3.07. The van der Waals surface area contributed by atoms with Crippen molar-refractivity contribution in [1.82, 2.24) is 10.3 Å². The summed E-state index contributed by atoms with van der Waals surface area (Å²) in [5.74, 6) is -0.0188. The summed E-state index contributed by atoms with van der Waals surface area (Å²) in [6.45, 7) is 11.7. The number of aromatic nitrogens is 1. The summed E-state index contributed by atoms with van der Waals surface area (Å²) in [5.41, 5.74) is 1.77. The van der Waals surface area contributed by atoms with Crippen molar-refractivity contribution in [3.8, 4) is 0 Å². The molecule has 0 saturated heterocycles. The highest BCUT2D eigenvalue weighted by Crippen LogP contribution is 2.62. The molecule has 0 aromatic carbocycles. The van der Waals surface area contributed by atoms with E-state index in [1.54, 1.807) is 18.5 Å². The highest BCUT2D eigenvalue weighted by molar-refractivity contribution is 5.99. The van der Waals surface area contributed by atoms with Crippen LogP contribution in [0, 0.1) is 10.8 Å². The Balaban J connectivity index is 2.11. The second-order valence-corrected chi connectivity index (χ2v) is 6.70. The second-order valence-electron chi connectivity index (χ2n) is 6.70. The van der Waals surface area contributed by atoms with Crippen molar-refractivity contribution in [1.29, 1.82) is 0 Å². The Hall–Kier alpha value is -1.58. The number of pyridine rings is 1. The molecule has 2 rings (SSSR count). The Bertz CT molecular complexity index is 494. The van der Waals surface area contributed by atoms with Gasteiger partial charge in [0.05, 0.1) is 17.4 Å². The number of carbonyl (C=O) groups is 1. The number of nitrogens with zero attached hydrogens (tertiary/aromatic N) is 1. The Labute approximate surface area is 121 Å². The van der Waals surface area contributed by atoms with Crippen LogP contribution in [-0.4, -0.2) is 23.5 Å². The summed E-state index contributed by atoms with van der Waals surface area (Å²) in [6.07, 6.45) is 4.39. The molecule has 0 spiro atoms. The van der Waals surface area contributed by atoms with Crippen LogP contribution in [0.3, 0.4) is 0 Å². The smallest absolute Gasteiger partial charge is 0.253 e. The minimum absolute atomic E-state index is 0.0188. The zero-order valence-corrected chi connectivity index (χ0v) is 13.1. The van der Waals surface area contributed by atoms with Gasteiger partial charge in [0.2, 0.25) is 0 Å². The fraction of sp³-hybridized carbons (Fsp3) is 0.625. The maximum Gasteiger partial charge on any atom is 0.253 e. The predicted molar refractivity (Wildman–Crippen MR) is 81.8 cm³/mol. The zero-order chi connectivity index (χ0) is 15.0. The second kappa shape index (κ2) is 5.08. The molecule has 1 aliphatic carbocycles. The lowest BCUT2D eigenvalue weighted by Gasteiger charge is -2.12. The largest absolute Gasteiger partial charge is 0.383 e. The van der Waals surface area contributed by atoms with E-state index in [1.165, 1.54) is 0 Å². The average molecular weight is 275 g/mol. The molecular formula is C16H25N3O. The van der Waals surface area contributed by atoms with Gasteiger partial charge in [0, 0.05) is 18.8 Å². The Morgan fingerprint density at radius 3 is 2.50 bits per heavy atom. The summed E-state index contributed by atoms with van der Waals surface area (Å²) >= 11 is 0. The van der Waals surface area contributed by atoms with E-state index in [9.17, 15) is 4.79 Å². The van der Waals surface area contributed by atoms with Gasteiger partial charge in [-0.25, -0.2) is 0 Å². The fourth-order valence-corrected chi connectivity index (χ4v) is 2.76. The molecule has 4 heteroatoms. The SMILES string of the molecule is CCCNc1cnccc1C(=O)NC1C(C)(C)C1(C)C. The molecular weight excluding hydrogens is 250 g/mol. The van der Waals surface area contributed by atoms with Crippen molar-refractivity contribution in [2.24, 2.45) is 10.8 Å². The molecule has 110 valence electrons. The number of anilines is 1.